The molecule has 3 rings (SSSR count). The van der Waals surface area contributed by atoms with Gasteiger partial charge >= 0.3 is 0 Å². The molecule has 2 aromatic rings. The minimum absolute atomic E-state index is 0.0515. The molecule has 0 aromatic heterocycles. The van der Waals surface area contributed by atoms with Crippen molar-refractivity contribution in [1.82, 2.24) is 5.32 Å². The number of carbonyl (C=O) groups excluding carboxylic acids is 2. The first kappa shape index (κ1) is 21.1. The number of anilines is 1. The zero-order chi connectivity index (χ0) is 20.8. The van der Waals surface area contributed by atoms with Gasteiger partial charge < -0.3 is 10.6 Å². The van der Waals surface area contributed by atoms with E-state index in [9.17, 15) is 14.0 Å². The molecule has 0 saturated heterocycles. The number of hydrogen-bond donors (Lipinski definition) is 2. The van der Waals surface area contributed by atoms with Crippen molar-refractivity contribution >= 4 is 29.1 Å². The lowest BCUT2D eigenvalue weighted by molar-refractivity contribution is -0.124. The third kappa shape index (κ3) is 5.45. The van der Waals surface area contributed by atoms with E-state index in [1.54, 1.807) is 30.3 Å². The molecule has 1 fully saturated rings. The summed E-state index contributed by atoms with van der Waals surface area (Å²) in [4.78, 5) is 25.9. The Bertz CT molecular complexity index is 909. The zero-order valence-electron chi connectivity index (χ0n) is 16.1. The Morgan fingerprint density at radius 1 is 1.07 bits per heavy atom. The normalized spacial score (nSPS) is 15.4. The van der Waals surface area contributed by atoms with Crippen LogP contribution in [0.1, 0.15) is 43.6 Å². The van der Waals surface area contributed by atoms with Crippen LogP contribution in [-0.2, 0) is 9.59 Å². The predicted octanol–water partition coefficient (Wildman–Crippen LogP) is 5.21. The maximum Gasteiger partial charge on any atom is 0.252 e. The van der Waals surface area contributed by atoms with Crippen LogP contribution in [0.5, 0.6) is 0 Å². The first-order valence-corrected chi connectivity index (χ1v) is 10.1. The van der Waals surface area contributed by atoms with Gasteiger partial charge in [0, 0.05) is 22.3 Å². The second kappa shape index (κ2) is 9.70. The van der Waals surface area contributed by atoms with Gasteiger partial charge in [-0.15, -0.1) is 0 Å². The SMILES string of the molecule is C=C(C(=O)Nc1cccc(F)c1)[C@@H](C(=O)NC1CCCCC1)c1ccccc1Cl. The maximum atomic E-state index is 13.4. The summed E-state index contributed by atoms with van der Waals surface area (Å²) in [5.41, 5.74) is 0.860. The monoisotopic (exact) mass is 414 g/mol. The minimum atomic E-state index is -0.931. The van der Waals surface area contributed by atoms with E-state index >= 15 is 0 Å². The van der Waals surface area contributed by atoms with Crippen molar-refractivity contribution in [3.63, 3.8) is 0 Å². The molecule has 0 aliphatic heterocycles. The van der Waals surface area contributed by atoms with E-state index in [4.69, 9.17) is 11.6 Å². The van der Waals surface area contributed by atoms with Crippen LogP contribution in [0.4, 0.5) is 10.1 Å². The fraction of sp³-hybridized carbons (Fsp3) is 0.304. The van der Waals surface area contributed by atoms with E-state index in [2.05, 4.69) is 17.2 Å². The van der Waals surface area contributed by atoms with Gasteiger partial charge in [-0.2, -0.15) is 0 Å². The lowest BCUT2D eigenvalue weighted by Gasteiger charge is -2.26. The summed E-state index contributed by atoms with van der Waals surface area (Å²) < 4.78 is 13.4. The first-order valence-electron chi connectivity index (χ1n) is 9.76. The summed E-state index contributed by atoms with van der Waals surface area (Å²) in [7, 11) is 0. The molecule has 1 aliphatic rings. The van der Waals surface area contributed by atoms with Crippen molar-refractivity contribution in [2.75, 3.05) is 5.32 Å². The molecular weight excluding hydrogens is 391 g/mol. The number of hydrogen-bond acceptors (Lipinski definition) is 2. The summed E-state index contributed by atoms with van der Waals surface area (Å²) >= 11 is 6.33. The topological polar surface area (TPSA) is 58.2 Å². The van der Waals surface area contributed by atoms with E-state index in [1.165, 1.54) is 24.6 Å². The van der Waals surface area contributed by atoms with Gasteiger partial charge in [0.1, 0.15) is 5.82 Å². The quantitative estimate of drug-likeness (QED) is 0.638. The number of amides is 2. The molecule has 1 saturated carbocycles. The Morgan fingerprint density at radius 3 is 2.48 bits per heavy atom. The highest BCUT2D eigenvalue weighted by atomic mass is 35.5. The standard InChI is InChI=1S/C23H24ClFN2O2/c1-15(22(28)27-18-11-7-8-16(25)14-18)21(19-12-5-6-13-20(19)24)23(29)26-17-9-3-2-4-10-17/h5-8,11-14,17,21H,1-4,9-10H2,(H,26,29)(H,27,28)/t21-/m1/s1. The zero-order valence-corrected chi connectivity index (χ0v) is 16.8. The molecule has 0 heterocycles. The molecule has 152 valence electrons. The van der Waals surface area contributed by atoms with Gasteiger partial charge in [-0.3, -0.25) is 9.59 Å². The molecule has 29 heavy (non-hydrogen) atoms. The molecular formula is C23H24ClFN2O2. The van der Waals surface area contributed by atoms with Crippen LogP contribution in [0.2, 0.25) is 5.02 Å². The van der Waals surface area contributed by atoms with Crippen molar-refractivity contribution in [2.24, 2.45) is 0 Å². The van der Waals surface area contributed by atoms with Crippen LogP contribution >= 0.6 is 11.6 Å². The number of benzene rings is 2. The minimum Gasteiger partial charge on any atom is -0.353 e. The highest BCUT2D eigenvalue weighted by Crippen LogP contribution is 2.31. The molecule has 0 unspecified atom stereocenters. The van der Waals surface area contributed by atoms with Gasteiger partial charge in [0.2, 0.25) is 5.91 Å². The molecule has 2 N–H and O–H groups in total. The number of rotatable bonds is 6. The Morgan fingerprint density at radius 2 is 1.79 bits per heavy atom. The highest BCUT2D eigenvalue weighted by molar-refractivity contribution is 6.32. The molecule has 6 heteroatoms. The van der Waals surface area contributed by atoms with E-state index in [0.717, 1.165) is 25.7 Å². The first-order chi connectivity index (χ1) is 14.0. The van der Waals surface area contributed by atoms with Crippen LogP contribution < -0.4 is 10.6 Å². The van der Waals surface area contributed by atoms with E-state index in [-0.39, 0.29) is 17.5 Å². The largest absolute Gasteiger partial charge is 0.353 e. The Balaban J connectivity index is 1.83. The smallest absolute Gasteiger partial charge is 0.252 e. The predicted molar refractivity (Wildman–Crippen MR) is 113 cm³/mol. The van der Waals surface area contributed by atoms with Crippen LogP contribution in [0, 0.1) is 5.82 Å². The van der Waals surface area contributed by atoms with E-state index < -0.39 is 17.6 Å². The van der Waals surface area contributed by atoms with Crippen LogP contribution in [0.15, 0.2) is 60.7 Å². The molecule has 0 bridgehead atoms. The van der Waals surface area contributed by atoms with Crippen LogP contribution in [0.25, 0.3) is 0 Å². The molecule has 1 atom stereocenters. The second-order valence-corrected chi connectivity index (χ2v) is 7.69. The number of carbonyl (C=O) groups is 2. The van der Waals surface area contributed by atoms with Crippen molar-refractivity contribution in [3.8, 4) is 0 Å². The summed E-state index contributed by atoms with van der Waals surface area (Å²) in [6.45, 7) is 3.88. The number of halogens is 2. The lowest BCUT2D eigenvalue weighted by Crippen LogP contribution is -2.40. The van der Waals surface area contributed by atoms with Gasteiger partial charge in [-0.05, 0) is 42.7 Å². The molecule has 1 aliphatic carbocycles. The molecule has 2 amide bonds. The van der Waals surface area contributed by atoms with Crippen molar-refractivity contribution < 1.29 is 14.0 Å². The maximum absolute atomic E-state index is 13.4. The summed E-state index contributed by atoms with van der Waals surface area (Å²) in [6.07, 6.45) is 5.15. The van der Waals surface area contributed by atoms with Gasteiger partial charge in [0.25, 0.3) is 5.91 Å². The molecule has 0 spiro atoms. The average Bonchev–Trinajstić information content (AvgIpc) is 2.70. The van der Waals surface area contributed by atoms with E-state index in [0.29, 0.717) is 16.3 Å². The highest BCUT2D eigenvalue weighted by Gasteiger charge is 2.31. The molecule has 0 radical (unpaired) electrons. The lowest BCUT2D eigenvalue weighted by atomic mass is 9.88. The summed E-state index contributed by atoms with van der Waals surface area (Å²) in [5, 5.41) is 6.05. The Kier molecular flexibility index (Phi) is 7.04. The fourth-order valence-corrected chi connectivity index (χ4v) is 3.88. The van der Waals surface area contributed by atoms with Crippen molar-refractivity contribution in [3.05, 3.63) is 77.1 Å². The number of nitrogens with one attached hydrogen (secondary N) is 2. The summed E-state index contributed by atoms with van der Waals surface area (Å²) in [5.74, 6) is -2.26. The summed E-state index contributed by atoms with van der Waals surface area (Å²) in [6, 6.07) is 12.6. The van der Waals surface area contributed by atoms with Gasteiger partial charge in [-0.1, -0.05) is 61.7 Å². The molecule has 4 nitrogen and oxygen atoms in total. The van der Waals surface area contributed by atoms with Crippen molar-refractivity contribution in [1.29, 1.82) is 0 Å². The van der Waals surface area contributed by atoms with Crippen LogP contribution in [-0.4, -0.2) is 17.9 Å². The third-order valence-electron chi connectivity index (χ3n) is 5.15. The molecule has 2 aromatic carbocycles. The third-order valence-corrected chi connectivity index (χ3v) is 5.50. The van der Waals surface area contributed by atoms with Gasteiger partial charge in [-0.25, -0.2) is 4.39 Å². The average molecular weight is 415 g/mol. The van der Waals surface area contributed by atoms with Gasteiger partial charge in [0.15, 0.2) is 0 Å². The second-order valence-electron chi connectivity index (χ2n) is 7.29. The Hall–Kier alpha value is -2.66. The van der Waals surface area contributed by atoms with Gasteiger partial charge in [0.05, 0.1) is 5.92 Å². The van der Waals surface area contributed by atoms with E-state index in [1.807, 2.05) is 0 Å². The fourth-order valence-electron chi connectivity index (χ4n) is 3.64. The Labute approximate surface area is 175 Å². The van der Waals surface area contributed by atoms with Crippen molar-refractivity contribution in [2.45, 2.75) is 44.1 Å². The van der Waals surface area contributed by atoms with Crippen LogP contribution in [0.3, 0.4) is 0 Å².